The van der Waals surface area contributed by atoms with Gasteiger partial charge in [0.05, 0.1) is 0 Å². The van der Waals surface area contributed by atoms with Gasteiger partial charge >= 0.3 is 0 Å². The van der Waals surface area contributed by atoms with E-state index in [2.05, 4.69) is 15.9 Å². The third kappa shape index (κ3) is 3.14. The fourth-order valence-electron chi connectivity index (χ4n) is 1.49. The minimum Gasteiger partial charge on any atom is -0.289 e. The highest BCUT2D eigenvalue weighted by Gasteiger charge is 2.02. The zero-order valence-corrected chi connectivity index (χ0v) is 11.0. The number of carbonyl (C=O) groups is 1. The van der Waals surface area contributed by atoms with Crippen LogP contribution >= 0.6 is 15.9 Å². The number of halogens is 2. The molecular formula is C15H10BrFO. The predicted molar refractivity (Wildman–Crippen MR) is 73.9 cm³/mol. The molecule has 2 rings (SSSR count). The third-order valence-corrected chi connectivity index (χ3v) is 3.17. The highest BCUT2D eigenvalue weighted by Crippen LogP contribution is 2.17. The first-order valence-corrected chi connectivity index (χ1v) is 6.18. The van der Waals surface area contributed by atoms with Crippen LogP contribution in [0.4, 0.5) is 4.39 Å². The van der Waals surface area contributed by atoms with Gasteiger partial charge in [-0.25, -0.2) is 4.39 Å². The number of carbonyl (C=O) groups excluding carboxylic acids is 1. The van der Waals surface area contributed by atoms with Crippen LogP contribution in [0.25, 0.3) is 6.08 Å². The van der Waals surface area contributed by atoms with Crippen molar-refractivity contribution in [1.29, 1.82) is 0 Å². The quantitative estimate of drug-likeness (QED) is 0.603. The van der Waals surface area contributed by atoms with Gasteiger partial charge in [0.15, 0.2) is 5.78 Å². The summed E-state index contributed by atoms with van der Waals surface area (Å²) in [4.78, 5) is 11.8. The van der Waals surface area contributed by atoms with Crippen LogP contribution in [-0.4, -0.2) is 5.78 Å². The van der Waals surface area contributed by atoms with Crippen molar-refractivity contribution in [1.82, 2.24) is 0 Å². The molecule has 0 spiro atoms. The maximum atomic E-state index is 12.7. The molecule has 0 bridgehead atoms. The Morgan fingerprint density at radius 1 is 1.06 bits per heavy atom. The van der Waals surface area contributed by atoms with Crippen LogP contribution in [0, 0.1) is 5.82 Å². The van der Waals surface area contributed by atoms with Crippen molar-refractivity contribution in [3.63, 3.8) is 0 Å². The van der Waals surface area contributed by atoms with Gasteiger partial charge in [0.1, 0.15) is 5.82 Å². The molecule has 0 saturated carbocycles. The summed E-state index contributed by atoms with van der Waals surface area (Å²) in [6, 6.07) is 13.1. The predicted octanol–water partition coefficient (Wildman–Crippen LogP) is 4.48. The molecule has 0 aliphatic rings. The van der Waals surface area contributed by atoms with Crippen LogP contribution in [-0.2, 0) is 0 Å². The minimum absolute atomic E-state index is 0.147. The smallest absolute Gasteiger partial charge is 0.185 e. The largest absolute Gasteiger partial charge is 0.289 e. The maximum absolute atomic E-state index is 12.7. The van der Waals surface area contributed by atoms with Crippen molar-refractivity contribution in [2.75, 3.05) is 0 Å². The number of allylic oxidation sites excluding steroid dienone is 1. The Kier molecular flexibility index (Phi) is 4.05. The first kappa shape index (κ1) is 12.7. The molecule has 0 saturated heterocycles. The lowest BCUT2D eigenvalue weighted by atomic mass is 10.1. The molecule has 18 heavy (non-hydrogen) atoms. The summed E-state index contributed by atoms with van der Waals surface area (Å²) in [6.45, 7) is 0. The molecule has 2 aromatic carbocycles. The van der Waals surface area contributed by atoms with E-state index in [9.17, 15) is 9.18 Å². The monoisotopic (exact) mass is 304 g/mol. The van der Waals surface area contributed by atoms with Crippen LogP contribution in [0.3, 0.4) is 0 Å². The van der Waals surface area contributed by atoms with Gasteiger partial charge in [0, 0.05) is 10.0 Å². The van der Waals surface area contributed by atoms with E-state index in [-0.39, 0.29) is 11.6 Å². The number of hydrogen-bond acceptors (Lipinski definition) is 1. The first-order valence-electron chi connectivity index (χ1n) is 5.39. The summed E-state index contributed by atoms with van der Waals surface area (Å²) in [5, 5.41) is 0. The van der Waals surface area contributed by atoms with Crippen LogP contribution in [0.2, 0.25) is 0 Å². The van der Waals surface area contributed by atoms with Crippen molar-refractivity contribution in [3.8, 4) is 0 Å². The number of ketones is 1. The lowest BCUT2D eigenvalue weighted by Crippen LogP contribution is -1.93. The third-order valence-electron chi connectivity index (χ3n) is 2.45. The summed E-state index contributed by atoms with van der Waals surface area (Å²) in [5.41, 5.74) is 1.40. The standard InChI is InChI=1S/C15H10BrFO/c16-14-4-2-1-3-11(14)7-10-15(18)12-5-8-13(17)9-6-12/h1-10H/b10-7+. The Morgan fingerprint density at radius 3 is 2.39 bits per heavy atom. The van der Waals surface area contributed by atoms with Crippen LogP contribution in [0.5, 0.6) is 0 Å². The minimum atomic E-state index is -0.346. The molecule has 90 valence electrons. The second kappa shape index (κ2) is 5.74. The van der Waals surface area contributed by atoms with Gasteiger partial charge < -0.3 is 0 Å². The van der Waals surface area contributed by atoms with E-state index < -0.39 is 0 Å². The number of hydrogen-bond donors (Lipinski definition) is 0. The summed E-state index contributed by atoms with van der Waals surface area (Å²) >= 11 is 3.40. The lowest BCUT2D eigenvalue weighted by Gasteiger charge is -1.97. The van der Waals surface area contributed by atoms with Gasteiger partial charge in [0.25, 0.3) is 0 Å². The van der Waals surface area contributed by atoms with E-state index in [0.717, 1.165) is 10.0 Å². The maximum Gasteiger partial charge on any atom is 0.185 e. The highest BCUT2D eigenvalue weighted by molar-refractivity contribution is 9.10. The zero-order chi connectivity index (χ0) is 13.0. The van der Waals surface area contributed by atoms with Gasteiger partial charge in [-0.1, -0.05) is 34.1 Å². The van der Waals surface area contributed by atoms with E-state index in [1.54, 1.807) is 6.08 Å². The zero-order valence-electron chi connectivity index (χ0n) is 9.44. The average molecular weight is 305 g/mol. The van der Waals surface area contributed by atoms with Gasteiger partial charge in [-0.2, -0.15) is 0 Å². The van der Waals surface area contributed by atoms with E-state index in [1.165, 1.54) is 30.3 Å². The van der Waals surface area contributed by atoms with Crippen molar-refractivity contribution in [2.45, 2.75) is 0 Å². The highest BCUT2D eigenvalue weighted by atomic mass is 79.9. The molecule has 0 N–H and O–H groups in total. The van der Waals surface area contributed by atoms with Crippen molar-refractivity contribution in [2.24, 2.45) is 0 Å². The van der Waals surface area contributed by atoms with Crippen LogP contribution in [0.15, 0.2) is 59.1 Å². The Balaban J connectivity index is 2.17. The average Bonchev–Trinajstić information content (AvgIpc) is 2.38. The van der Waals surface area contributed by atoms with E-state index in [4.69, 9.17) is 0 Å². The topological polar surface area (TPSA) is 17.1 Å². The Hall–Kier alpha value is -1.74. The second-order valence-electron chi connectivity index (χ2n) is 3.73. The molecule has 0 fully saturated rings. The summed E-state index contributed by atoms with van der Waals surface area (Å²) in [6.07, 6.45) is 3.21. The molecule has 0 unspecified atom stereocenters. The molecular weight excluding hydrogens is 295 g/mol. The second-order valence-corrected chi connectivity index (χ2v) is 4.58. The van der Waals surface area contributed by atoms with Gasteiger partial charge in [-0.3, -0.25) is 4.79 Å². The van der Waals surface area contributed by atoms with Gasteiger partial charge in [-0.15, -0.1) is 0 Å². The normalized spacial score (nSPS) is 10.8. The van der Waals surface area contributed by atoms with Crippen LogP contribution in [0.1, 0.15) is 15.9 Å². The molecule has 0 aromatic heterocycles. The lowest BCUT2D eigenvalue weighted by molar-refractivity contribution is 0.104. The van der Waals surface area contributed by atoms with Gasteiger partial charge in [0.2, 0.25) is 0 Å². The van der Waals surface area contributed by atoms with E-state index in [0.29, 0.717) is 5.56 Å². The summed E-state index contributed by atoms with van der Waals surface area (Å²) < 4.78 is 13.6. The van der Waals surface area contributed by atoms with Crippen molar-refractivity contribution < 1.29 is 9.18 Å². The fourth-order valence-corrected chi connectivity index (χ4v) is 1.90. The number of rotatable bonds is 3. The molecule has 0 heterocycles. The van der Waals surface area contributed by atoms with Crippen molar-refractivity contribution >= 4 is 27.8 Å². The van der Waals surface area contributed by atoms with Gasteiger partial charge in [-0.05, 0) is 48.0 Å². The molecule has 0 radical (unpaired) electrons. The van der Waals surface area contributed by atoms with Crippen LogP contribution < -0.4 is 0 Å². The fraction of sp³-hybridized carbons (Fsp3) is 0. The summed E-state index contributed by atoms with van der Waals surface area (Å²) in [7, 11) is 0. The molecule has 2 aromatic rings. The molecule has 0 aliphatic heterocycles. The van der Waals surface area contributed by atoms with Crippen molar-refractivity contribution in [3.05, 3.63) is 76.0 Å². The Morgan fingerprint density at radius 2 is 1.72 bits per heavy atom. The van der Waals surface area contributed by atoms with E-state index in [1.807, 2.05) is 24.3 Å². The first-order chi connectivity index (χ1) is 8.66. The molecule has 3 heteroatoms. The molecule has 0 atom stereocenters. The molecule has 1 nitrogen and oxygen atoms in total. The Labute approximate surface area is 113 Å². The SMILES string of the molecule is O=C(/C=C/c1ccccc1Br)c1ccc(F)cc1. The summed E-state index contributed by atoms with van der Waals surface area (Å²) in [5.74, 6) is -0.493. The Bertz CT molecular complexity index is 588. The number of benzene rings is 2. The molecule has 0 aliphatic carbocycles. The molecule has 0 amide bonds. The van der Waals surface area contributed by atoms with E-state index >= 15 is 0 Å².